The molecule has 1 atom stereocenters. The number of hydrogen-bond donors (Lipinski definition) is 0. The molecule has 1 saturated heterocycles. The molecule has 0 bridgehead atoms. The lowest BCUT2D eigenvalue weighted by atomic mass is 10.0. The number of nitrogens with zero attached hydrogens (tertiary/aromatic N) is 6. The highest BCUT2D eigenvalue weighted by molar-refractivity contribution is 5.61. The third-order valence-corrected chi connectivity index (χ3v) is 5.16. The Labute approximate surface area is 172 Å². The average molecular weight is 400 g/mol. The monoisotopic (exact) mass is 400 g/mol. The zero-order valence-corrected chi connectivity index (χ0v) is 15.9. The topological polar surface area (TPSA) is 79.3 Å². The van der Waals surface area contributed by atoms with E-state index in [1.54, 1.807) is 28.9 Å². The van der Waals surface area contributed by atoms with Crippen LogP contribution in [0.1, 0.15) is 17.2 Å². The molecule has 4 heterocycles. The number of benzene rings is 1. The third kappa shape index (κ3) is 3.25. The molecule has 0 spiro atoms. The molecule has 0 saturated carbocycles. The van der Waals surface area contributed by atoms with Crippen LogP contribution < -0.4 is 4.90 Å². The fraction of sp³-hybridized carbons (Fsp3) is 0.182. The van der Waals surface area contributed by atoms with Crippen LogP contribution in [0, 0.1) is 17.1 Å². The number of anilines is 1. The number of hydrogen-bond acceptors (Lipinski definition) is 6. The summed E-state index contributed by atoms with van der Waals surface area (Å²) in [6.07, 6.45) is 3.24. The number of fused-ring (bicyclic) bond motifs is 1. The van der Waals surface area contributed by atoms with Crippen molar-refractivity contribution in [3.8, 4) is 17.5 Å². The van der Waals surface area contributed by atoms with Gasteiger partial charge in [-0.3, -0.25) is 4.98 Å². The minimum absolute atomic E-state index is 0.139. The van der Waals surface area contributed by atoms with E-state index in [1.807, 2.05) is 18.2 Å². The van der Waals surface area contributed by atoms with Crippen molar-refractivity contribution in [3.63, 3.8) is 0 Å². The molecule has 0 aliphatic carbocycles. The van der Waals surface area contributed by atoms with E-state index in [0.29, 0.717) is 36.7 Å². The smallest absolute Gasteiger partial charge is 0.154 e. The van der Waals surface area contributed by atoms with Crippen molar-refractivity contribution in [1.29, 1.82) is 5.26 Å². The van der Waals surface area contributed by atoms with Gasteiger partial charge in [0.05, 0.1) is 36.7 Å². The molecule has 1 unspecified atom stereocenters. The van der Waals surface area contributed by atoms with Crippen LogP contribution in [0.25, 0.3) is 17.0 Å². The molecule has 8 heteroatoms. The largest absolute Gasteiger partial charge is 0.377 e. The fourth-order valence-corrected chi connectivity index (χ4v) is 3.67. The van der Waals surface area contributed by atoms with E-state index in [4.69, 9.17) is 15.1 Å². The molecule has 1 fully saturated rings. The highest BCUT2D eigenvalue weighted by Gasteiger charge is 2.26. The number of ether oxygens (including phenoxy) is 1. The molecular weight excluding hydrogens is 383 g/mol. The molecule has 1 aliphatic heterocycles. The first-order valence-electron chi connectivity index (χ1n) is 9.54. The van der Waals surface area contributed by atoms with Crippen molar-refractivity contribution in [1.82, 2.24) is 19.6 Å². The number of pyridine rings is 1. The Balaban J connectivity index is 1.55. The minimum Gasteiger partial charge on any atom is -0.377 e. The second-order valence-corrected chi connectivity index (χ2v) is 6.99. The molecule has 1 aromatic carbocycles. The molecule has 0 amide bonds. The van der Waals surface area contributed by atoms with Crippen molar-refractivity contribution >= 4 is 11.5 Å². The Bertz CT molecular complexity index is 1250. The summed E-state index contributed by atoms with van der Waals surface area (Å²) in [7, 11) is 0. The maximum atomic E-state index is 13.8. The Kier molecular flexibility index (Phi) is 4.58. The quantitative estimate of drug-likeness (QED) is 0.525. The zero-order valence-electron chi connectivity index (χ0n) is 15.9. The number of rotatable bonds is 3. The highest BCUT2D eigenvalue weighted by atomic mass is 19.1. The summed E-state index contributed by atoms with van der Waals surface area (Å²) in [6, 6.07) is 15.8. The van der Waals surface area contributed by atoms with E-state index < -0.39 is 0 Å². The first-order valence-corrected chi connectivity index (χ1v) is 9.54. The molecule has 7 nitrogen and oxygen atoms in total. The highest BCUT2D eigenvalue weighted by Crippen LogP contribution is 2.30. The maximum Gasteiger partial charge on any atom is 0.154 e. The number of morpholine rings is 1. The van der Waals surface area contributed by atoms with E-state index in [9.17, 15) is 4.39 Å². The molecule has 0 N–H and O–H groups in total. The van der Waals surface area contributed by atoms with Crippen LogP contribution in [0.5, 0.6) is 0 Å². The van der Waals surface area contributed by atoms with Crippen molar-refractivity contribution < 1.29 is 9.13 Å². The maximum absolute atomic E-state index is 13.8. The number of imidazole rings is 1. The van der Waals surface area contributed by atoms with Gasteiger partial charge in [-0.15, -0.1) is 5.10 Å². The van der Waals surface area contributed by atoms with Crippen LogP contribution in [0.2, 0.25) is 0 Å². The second kappa shape index (κ2) is 7.54. The summed E-state index contributed by atoms with van der Waals surface area (Å²) in [5.41, 5.74) is 3.43. The van der Waals surface area contributed by atoms with Gasteiger partial charge in [-0.05, 0) is 42.0 Å². The lowest BCUT2D eigenvalue weighted by Gasteiger charge is -2.36. The Morgan fingerprint density at radius 2 is 2.03 bits per heavy atom. The minimum atomic E-state index is -0.273. The third-order valence-electron chi connectivity index (χ3n) is 5.16. The first kappa shape index (κ1) is 18.2. The lowest BCUT2D eigenvalue weighted by molar-refractivity contribution is 0.0935. The number of nitriles is 1. The van der Waals surface area contributed by atoms with Gasteiger partial charge in [0.1, 0.15) is 23.4 Å². The Hall–Kier alpha value is -3.83. The number of halogens is 1. The van der Waals surface area contributed by atoms with Crippen molar-refractivity contribution in [2.24, 2.45) is 0 Å². The number of aromatic nitrogens is 4. The first-order chi connectivity index (χ1) is 14.7. The van der Waals surface area contributed by atoms with E-state index in [0.717, 1.165) is 17.1 Å². The van der Waals surface area contributed by atoms with Gasteiger partial charge in [0.15, 0.2) is 5.65 Å². The van der Waals surface area contributed by atoms with Gasteiger partial charge in [0.25, 0.3) is 0 Å². The van der Waals surface area contributed by atoms with Crippen molar-refractivity contribution in [2.45, 2.75) is 6.04 Å². The van der Waals surface area contributed by atoms with Gasteiger partial charge >= 0.3 is 0 Å². The van der Waals surface area contributed by atoms with Crippen LogP contribution in [0.4, 0.5) is 10.2 Å². The lowest BCUT2D eigenvalue weighted by Crippen LogP contribution is -2.40. The van der Waals surface area contributed by atoms with Crippen LogP contribution in [-0.4, -0.2) is 39.3 Å². The van der Waals surface area contributed by atoms with Gasteiger partial charge in [0, 0.05) is 12.7 Å². The summed E-state index contributed by atoms with van der Waals surface area (Å²) in [5, 5.41) is 13.8. The van der Waals surface area contributed by atoms with E-state index in [-0.39, 0.29) is 11.9 Å². The predicted octanol–water partition coefficient (Wildman–Crippen LogP) is 3.38. The summed E-state index contributed by atoms with van der Waals surface area (Å²) >= 11 is 0. The molecule has 5 rings (SSSR count). The fourth-order valence-electron chi connectivity index (χ4n) is 3.67. The molecular formula is C22H17FN6O. The van der Waals surface area contributed by atoms with Crippen molar-refractivity contribution in [3.05, 3.63) is 77.9 Å². The standard InChI is InChI=1S/C22H17FN6O/c23-17-3-1-2-16(10-17)20-14-30-9-8-28(20)22-7-6-21-26-13-19(29(21)27-22)18-5-4-15(11-24)12-25-18/h1-7,10,12-13,20H,8-9,14H2. The zero-order chi connectivity index (χ0) is 20.5. The average Bonchev–Trinajstić information content (AvgIpc) is 3.22. The SMILES string of the molecule is N#Cc1ccc(-c2cnc3ccc(N4CCOCC4c4cccc(F)c4)nn23)nc1. The van der Waals surface area contributed by atoms with Crippen molar-refractivity contribution in [2.75, 3.05) is 24.7 Å². The van der Waals surface area contributed by atoms with E-state index in [2.05, 4.69) is 20.9 Å². The van der Waals surface area contributed by atoms with Gasteiger partial charge in [-0.2, -0.15) is 5.26 Å². The Morgan fingerprint density at radius 1 is 1.10 bits per heavy atom. The molecule has 1 aliphatic rings. The van der Waals surface area contributed by atoms with Crippen LogP contribution in [0.15, 0.2) is 60.9 Å². The van der Waals surface area contributed by atoms with Gasteiger partial charge in [-0.25, -0.2) is 13.9 Å². The normalized spacial score (nSPS) is 16.5. The van der Waals surface area contributed by atoms with E-state index in [1.165, 1.54) is 18.3 Å². The predicted molar refractivity (Wildman–Crippen MR) is 108 cm³/mol. The molecule has 3 aromatic heterocycles. The van der Waals surface area contributed by atoms with Crippen LogP contribution >= 0.6 is 0 Å². The molecule has 0 radical (unpaired) electrons. The van der Waals surface area contributed by atoms with Crippen LogP contribution in [0.3, 0.4) is 0 Å². The van der Waals surface area contributed by atoms with Gasteiger partial charge in [0.2, 0.25) is 0 Å². The Morgan fingerprint density at radius 3 is 2.83 bits per heavy atom. The van der Waals surface area contributed by atoms with Crippen LogP contribution in [-0.2, 0) is 4.74 Å². The second-order valence-electron chi connectivity index (χ2n) is 6.99. The summed E-state index contributed by atoms with van der Waals surface area (Å²) in [6.45, 7) is 1.66. The van der Waals surface area contributed by atoms with Gasteiger partial charge < -0.3 is 9.64 Å². The van der Waals surface area contributed by atoms with E-state index >= 15 is 0 Å². The molecule has 148 valence electrons. The molecule has 30 heavy (non-hydrogen) atoms. The summed E-state index contributed by atoms with van der Waals surface area (Å²) < 4.78 is 21.2. The summed E-state index contributed by atoms with van der Waals surface area (Å²) in [4.78, 5) is 10.9. The summed E-state index contributed by atoms with van der Waals surface area (Å²) in [5.74, 6) is 0.471. The molecule has 4 aromatic rings. The van der Waals surface area contributed by atoms with Gasteiger partial charge in [-0.1, -0.05) is 12.1 Å².